The van der Waals surface area contributed by atoms with E-state index in [1.807, 2.05) is 0 Å². The van der Waals surface area contributed by atoms with Gasteiger partial charge in [0, 0.05) is 19.3 Å². The molecule has 100 valence electrons. The van der Waals surface area contributed by atoms with Crippen molar-refractivity contribution in [3.05, 3.63) is 0 Å². The van der Waals surface area contributed by atoms with Crippen molar-refractivity contribution >= 4 is 17.9 Å². The molecule has 0 amide bonds. The van der Waals surface area contributed by atoms with Crippen LogP contribution in [-0.2, 0) is 28.6 Å². The number of hydrogen-bond acceptors (Lipinski definition) is 6. The number of fused-ring (bicyclic) bond motifs is 2. The van der Waals surface area contributed by atoms with Crippen LogP contribution >= 0.6 is 0 Å². The summed E-state index contributed by atoms with van der Waals surface area (Å²) < 4.78 is 15.0. The number of methoxy groups -OCH3 is 1. The highest BCUT2D eigenvalue weighted by Crippen LogP contribution is 2.40. The normalized spacial score (nSPS) is 33.8. The lowest BCUT2D eigenvalue weighted by molar-refractivity contribution is -0.162. The summed E-state index contributed by atoms with van der Waals surface area (Å²) >= 11 is 0. The van der Waals surface area contributed by atoms with Crippen LogP contribution in [0.2, 0.25) is 0 Å². The first kappa shape index (κ1) is 12.9. The van der Waals surface area contributed by atoms with Gasteiger partial charge in [-0.15, -0.1) is 0 Å². The van der Waals surface area contributed by atoms with Crippen molar-refractivity contribution in [2.24, 2.45) is 11.8 Å². The SMILES string of the molecule is CCC(=O)OC1CC(C(=O)OC)C2CC1OC2=O. The van der Waals surface area contributed by atoms with Gasteiger partial charge >= 0.3 is 17.9 Å². The van der Waals surface area contributed by atoms with E-state index in [1.165, 1.54) is 7.11 Å². The molecule has 0 N–H and O–H groups in total. The van der Waals surface area contributed by atoms with Crippen molar-refractivity contribution < 1.29 is 28.6 Å². The van der Waals surface area contributed by atoms with E-state index in [4.69, 9.17) is 9.47 Å². The predicted octanol–water partition coefficient (Wildman–Crippen LogP) is 0.433. The van der Waals surface area contributed by atoms with Gasteiger partial charge in [-0.1, -0.05) is 6.92 Å². The lowest BCUT2D eigenvalue weighted by Crippen LogP contribution is -2.40. The first-order valence-corrected chi connectivity index (χ1v) is 6.04. The molecule has 2 fully saturated rings. The van der Waals surface area contributed by atoms with Gasteiger partial charge in [-0.25, -0.2) is 0 Å². The fourth-order valence-corrected chi connectivity index (χ4v) is 2.54. The Morgan fingerprint density at radius 1 is 1.39 bits per heavy atom. The predicted molar refractivity (Wildman–Crippen MR) is 58.3 cm³/mol. The van der Waals surface area contributed by atoms with E-state index in [-0.39, 0.29) is 12.4 Å². The molecule has 6 heteroatoms. The summed E-state index contributed by atoms with van der Waals surface area (Å²) in [7, 11) is 1.28. The average molecular weight is 256 g/mol. The molecule has 4 unspecified atom stereocenters. The van der Waals surface area contributed by atoms with Crippen molar-refractivity contribution in [1.29, 1.82) is 0 Å². The van der Waals surface area contributed by atoms with Gasteiger partial charge in [-0.3, -0.25) is 14.4 Å². The minimum Gasteiger partial charge on any atom is -0.469 e. The van der Waals surface area contributed by atoms with Crippen molar-refractivity contribution in [1.82, 2.24) is 0 Å². The van der Waals surface area contributed by atoms with Gasteiger partial charge in [-0.2, -0.15) is 0 Å². The van der Waals surface area contributed by atoms with Crippen LogP contribution in [0.5, 0.6) is 0 Å². The first-order valence-electron chi connectivity index (χ1n) is 6.04. The Balaban J connectivity index is 2.12. The molecule has 0 aromatic heterocycles. The maximum absolute atomic E-state index is 11.6. The maximum atomic E-state index is 11.6. The molecule has 2 rings (SSSR count). The fraction of sp³-hybridized carbons (Fsp3) is 0.750. The van der Waals surface area contributed by atoms with Crippen LogP contribution in [0.4, 0.5) is 0 Å². The largest absolute Gasteiger partial charge is 0.469 e. The lowest BCUT2D eigenvalue weighted by Gasteiger charge is -2.29. The Morgan fingerprint density at radius 2 is 2.11 bits per heavy atom. The molecule has 1 saturated heterocycles. The quantitative estimate of drug-likeness (QED) is 0.538. The summed E-state index contributed by atoms with van der Waals surface area (Å²) in [5, 5.41) is 0. The van der Waals surface area contributed by atoms with Crippen molar-refractivity contribution in [3.63, 3.8) is 0 Å². The van der Waals surface area contributed by atoms with E-state index in [9.17, 15) is 14.4 Å². The van der Waals surface area contributed by atoms with Crippen LogP contribution in [0.1, 0.15) is 26.2 Å². The van der Waals surface area contributed by atoms with E-state index < -0.39 is 36.0 Å². The first-order chi connectivity index (χ1) is 8.56. The average Bonchev–Trinajstić information content (AvgIpc) is 2.70. The summed E-state index contributed by atoms with van der Waals surface area (Å²) in [6.07, 6.45) is 0.00613. The fourth-order valence-electron chi connectivity index (χ4n) is 2.54. The number of rotatable bonds is 3. The van der Waals surface area contributed by atoms with Crippen LogP contribution in [0.3, 0.4) is 0 Å². The molecular formula is C12H16O6. The lowest BCUT2D eigenvalue weighted by atomic mass is 9.78. The molecular weight excluding hydrogens is 240 g/mol. The Kier molecular flexibility index (Phi) is 3.54. The standard InChI is InChI=1S/C12H16O6/c1-3-10(13)17-8-4-6(11(14)16-2)7-5-9(8)18-12(7)15/h6-9H,3-5H2,1-2H3. The molecule has 4 atom stereocenters. The molecule has 2 aliphatic rings. The highest BCUT2D eigenvalue weighted by molar-refractivity contribution is 5.84. The topological polar surface area (TPSA) is 78.9 Å². The molecule has 1 heterocycles. The maximum Gasteiger partial charge on any atom is 0.310 e. The highest BCUT2D eigenvalue weighted by Gasteiger charge is 2.53. The number of hydrogen-bond donors (Lipinski definition) is 0. The van der Waals surface area contributed by atoms with Crippen LogP contribution in [0.15, 0.2) is 0 Å². The smallest absolute Gasteiger partial charge is 0.310 e. The van der Waals surface area contributed by atoms with E-state index in [2.05, 4.69) is 4.74 Å². The second-order valence-corrected chi connectivity index (χ2v) is 4.56. The van der Waals surface area contributed by atoms with Gasteiger partial charge in [0.1, 0.15) is 12.2 Å². The van der Waals surface area contributed by atoms with E-state index in [0.717, 1.165) is 0 Å². The number of carbonyl (C=O) groups is 3. The molecule has 18 heavy (non-hydrogen) atoms. The third-order valence-corrected chi connectivity index (χ3v) is 3.52. The van der Waals surface area contributed by atoms with Gasteiger partial charge in [0.25, 0.3) is 0 Å². The van der Waals surface area contributed by atoms with Crippen LogP contribution in [-0.4, -0.2) is 37.2 Å². The summed E-state index contributed by atoms with van der Waals surface area (Å²) in [4.78, 5) is 34.6. The Morgan fingerprint density at radius 3 is 2.72 bits per heavy atom. The van der Waals surface area contributed by atoms with Crippen LogP contribution in [0.25, 0.3) is 0 Å². The monoisotopic (exact) mass is 256 g/mol. The Hall–Kier alpha value is -1.59. The minimum absolute atomic E-state index is 0.253. The van der Waals surface area contributed by atoms with Gasteiger partial charge in [-0.05, 0) is 0 Å². The second-order valence-electron chi connectivity index (χ2n) is 4.56. The zero-order valence-corrected chi connectivity index (χ0v) is 10.4. The Bertz CT molecular complexity index is 377. The summed E-state index contributed by atoms with van der Waals surface area (Å²) in [5.41, 5.74) is 0. The van der Waals surface area contributed by atoms with Crippen LogP contribution < -0.4 is 0 Å². The molecule has 2 bridgehead atoms. The van der Waals surface area contributed by atoms with E-state index >= 15 is 0 Å². The minimum atomic E-state index is -0.573. The molecule has 0 aromatic carbocycles. The zero-order chi connectivity index (χ0) is 13.3. The van der Waals surface area contributed by atoms with Gasteiger partial charge in [0.2, 0.25) is 0 Å². The van der Waals surface area contributed by atoms with Gasteiger partial charge < -0.3 is 14.2 Å². The van der Waals surface area contributed by atoms with Gasteiger partial charge in [0.15, 0.2) is 0 Å². The molecule has 0 spiro atoms. The van der Waals surface area contributed by atoms with Crippen molar-refractivity contribution in [3.8, 4) is 0 Å². The summed E-state index contributed by atoms with van der Waals surface area (Å²) in [6.45, 7) is 1.69. The Labute approximate surface area is 105 Å². The third-order valence-electron chi connectivity index (χ3n) is 3.52. The molecule has 1 aliphatic carbocycles. The molecule has 0 aromatic rings. The molecule has 1 aliphatic heterocycles. The van der Waals surface area contributed by atoms with Crippen LogP contribution in [0, 0.1) is 11.8 Å². The molecule has 1 saturated carbocycles. The zero-order valence-electron chi connectivity index (χ0n) is 10.4. The number of esters is 3. The van der Waals surface area contributed by atoms with Crippen molar-refractivity contribution in [2.45, 2.75) is 38.4 Å². The third kappa shape index (κ3) is 2.19. The van der Waals surface area contributed by atoms with E-state index in [0.29, 0.717) is 12.8 Å². The number of ether oxygens (including phenoxy) is 3. The van der Waals surface area contributed by atoms with Gasteiger partial charge in [0.05, 0.1) is 18.9 Å². The molecule has 6 nitrogen and oxygen atoms in total. The second kappa shape index (κ2) is 4.96. The number of carbonyl (C=O) groups excluding carboxylic acids is 3. The molecule has 0 radical (unpaired) electrons. The van der Waals surface area contributed by atoms with E-state index in [1.54, 1.807) is 6.92 Å². The summed E-state index contributed by atoms with van der Waals surface area (Å²) in [6, 6.07) is 0. The highest BCUT2D eigenvalue weighted by atomic mass is 16.6. The van der Waals surface area contributed by atoms with Crippen molar-refractivity contribution in [2.75, 3.05) is 7.11 Å². The summed E-state index contributed by atoms with van der Waals surface area (Å²) in [5.74, 6) is -2.24.